The van der Waals surface area contributed by atoms with Crippen molar-refractivity contribution >= 4 is 28.4 Å². The number of hydrogen-bond donors (Lipinski definition) is 3. The maximum absolute atomic E-state index is 13.3. The normalized spacial score (nSPS) is 11.2. The van der Waals surface area contributed by atoms with Gasteiger partial charge in [-0.3, -0.25) is 14.4 Å². The highest BCUT2D eigenvalue weighted by atomic mass is 19.1. The number of carbonyl (C=O) groups is 2. The van der Waals surface area contributed by atoms with Crippen molar-refractivity contribution in [3.8, 4) is 0 Å². The molecule has 0 bridgehead atoms. The van der Waals surface area contributed by atoms with Crippen LogP contribution in [0, 0.1) is 5.82 Å². The van der Waals surface area contributed by atoms with Gasteiger partial charge in [0.25, 0.3) is 5.56 Å². The van der Waals surface area contributed by atoms with Gasteiger partial charge < -0.3 is 20.6 Å². The van der Waals surface area contributed by atoms with Gasteiger partial charge in [0, 0.05) is 29.2 Å². The van der Waals surface area contributed by atoms with Crippen LogP contribution in [0.15, 0.2) is 59.5 Å². The molecular weight excluding hydrogens is 375 g/mol. The lowest BCUT2D eigenvalue weighted by Gasteiger charge is -2.08. The molecule has 8 heteroatoms. The van der Waals surface area contributed by atoms with E-state index in [1.54, 1.807) is 36.5 Å². The van der Waals surface area contributed by atoms with Crippen molar-refractivity contribution in [2.45, 2.75) is 25.8 Å². The minimum absolute atomic E-state index is 0.187. The Morgan fingerprint density at radius 3 is 2.86 bits per heavy atom. The number of aromatic amines is 1. The minimum Gasteiger partial charge on any atom is -0.366 e. The number of hydrogen-bond acceptors (Lipinski definition) is 3. The van der Waals surface area contributed by atoms with Gasteiger partial charge in [-0.1, -0.05) is 6.08 Å². The molecule has 0 unspecified atom stereocenters. The monoisotopic (exact) mass is 396 g/mol. The van der Waals surface area contributed by atoms with Crippen molar-refractivity contribution < 1.29 is 14.0 Å². The van der Waals surface area contributed by atoms with E-state index in [2.05, 4.69) is 10.3 Å². The Labute approximate surface area is 166 Å². The van der Waals surface area contributed by atoms with Crippen LogP contribution in [0.25, 0.3) is 10.9 Å². The third-order valence-corrected chi connectivity index (χ3v) is 4.33. The van der Waals surface area contributed by atoms with Gasteiger partial charge in [-0.15, -0.1) is 0 Å². The standard InChI is InChI=1S/C21H21FN4O3/c22-15-8-9-17-14(11-15)12-16(24-17)13-26-10-4-5-18(21(26)29)25-20(28)7-3-1-2-6-19(23)27/h2,4-6,8-12,24H,1,3,7,13H2,(H2,23,27)(H,25,28)/b6-2+. The van der Waals surface area contributed by atoms with E-state index in [0.717, 1.165) is 16.6 Å². The van der Waals surface area contributed by atoms with Gasteiger partial charge in [-0.25, -0.2) is 4.39 Å². The molecule has 3 aromatic rings. The molecule has 0 saturated carbocycles. The number of nitrogens with two attached hydrogens (primary N) is 1. The summed E-state index contributed by atoms with van der Waals surface area (Å²) in [6.07, 6.45) is 5.77. The van der Waals surface area contributed by atoms with E-state index < -0.39 is 5.91 Å². The second-order valence-electron chi connectivity index (χ2n) is 6.63. The summed E-state index contributed by atoms with van der Waals surface area (Å²) in [7, 11) is 0. The minimum atomic E-state index is -0.528. The number of aromatic nitrogens is 2. The number of nitrogens with zero attached hydrogens (tertiary/aromatic N) is 1. The molecule has 29 heavy (non-hydrogen) atoms. The van der Waals surface area contributed by atoms with Crippen molar-refractivity contribution in [1.82, 2.24) is 9.55 Å². The molecule has 0 aliphatic rings. The van der Waals surface area contributed by atoms with Crippen LogP contribution in [0.5, 0.6) is 0 Å². The molecule has 4 N–H and O–H groups in total. The molecular formula is C21H21FN4O3. The number of nitrogens with one attached hydrogen (secondary N) is 2. The highest BCUT2D eigenvalue weighted by Crippen LogP contribution is 2.17. The zero-order chi connectivity index (χ0) is 20.8. The Balaban J connectivity index is 1.65. The van der Waals surface area contributed by atoms with E-state index >= 15 is 0 Å². The summed E-state index contributed by atoms with van der Waals surface area (Å²) < 4.78 is 14.8. The molecule has 7 nitrogen and oxygen atoms in total. The summed E-state index contributed by atoms with van der Waals surface area (Å²) in [5.41, 5.74) is 6.37. The average molecular weight is 396 g/mol. The Morgan fingerprint density at radius 1 is 1.24 bits per heavy atom. The SMILES string of the molecule is NC(=O)/C=C/CCCC(=O)Nc1cccn(Cc2cc3cc(F)ccc3[nH]2)c1=O. The van der Waals surface area contributed by atoms with Gasteiger partial charge >= 0.3 is 0 Å². The van der Waals surface area contributed by atoms with Gasteiger partial charge in [0.15, 0.2) is 0 Å². The fourth-order valence-electron chi connectivity index (χ4n) is 2.98. The molecule has 0 atom stereocenters. The van der Waals surface area contributed by atoms with Crippen LogP contribution in [0.4, 0.5) is 10.1 Å². The number of amides is 2. The number of rotatable bonds is 8. The van der Waals surface area contributed by atoms with Crippen LogP contribution >= 0.6 is 0 Å². The van der Waals surface area contributed by atoms with E-state index in [1.165, 1.54) is 22.8 Å². The zero-order valence-electron chi connectivity index (χ0n) is 15.7. The Hall–Kier alpha value is -3.68. The Morgan fingerprint density at radius 2 is 2.07 bits per heavy atom. The fraction of sp³-hybridized carbons (Fsp3) is 0.190. The largest absolute Gasteiger partial charge is 0.366 e. The topological polar surface area (TPSA) is 110 Å². The predicted molar refractivity (Wildman–Crippen MR) is 109 cm³/mol. The number of halogens is 1. The number of fused-ring (bicyclic) bond motifs is 1. The van der Waals surface area contributed by atoms with E-state index in [4.69, 9.17) is 5.73 Å². The van der Waals surface area contributed by atoms with Crippen LogP contribution < -0.4 is 16.6 Å². The fourth-order valence-corrected chi connectivity index (χ4v) is 2.98. The molecule has 0 radical (unpaired) electrons. The first kappa shape index (κ1) is 20.1. The molecule has 0 aliphatic heterocycles. The molecule has 0 fully saturated rings. The molecule has 3 rings (SSSR count). The second kappa shape index (κ2) is 9.01. The van der Waals surface area contributed by atoms with Crippen molar-refractivity contribution in [3.05, 3.63) is 76.6 Å². The second-order valence-corrected chi connectivity index (χ2v) is 6.63. The van der Waals surface area contributed by atoms with Crippen LogP contribution in [0.3, 0.4) is 0 Å². The Bertz CT molecular complexity index is 1130. The van der Waals surface area contributed by atoms with Gasteiger partial charge in [0.05, 0.1) is 6.54 Å². The highest BCUT2D eigenvalue weighted by molar-refractivity contribution is 5.90. The quantitative estimate of drug-likeness (QED) is 0.402. The number of unbranched alkanes of at least 4 members (excludes halogenated alkanes) is 1. The van der Waals surface area contributed by atoms with Crippen LogP contribution in [-0.2, 0) is 16.1 Å². The number of anilines is 1. The zero-order valence-corrected chi connectivity index (χ0v) is 15.7. The number of pyridine rings is 1. The third-order valence-electron chi connectivity index (χ3n) is 4.33. The van der Waals surface area contributed by atoms with Crippen molar-refractivity contribution in [1.29, 1.82) is 0 Å². The van der Waals surface area contributed by atoms with Gasteiger partial charge in [-0.2, -0.15) is 0 Å². The molecule has 2 heterocycles. The molecule has 0 saturated heterocycles. The number of primary amides is 1. The molecule has 150 valence electrons. The van der Waals surface area contributed by atoms with E-state index in [0.29, 0.717) is 12.8 Å². The molecule has 0 aliphatic carbocycles. The summed E-state index contributed by atoms with van der Waals surface area (Å²) in [6.45, 7) is 0.261. The number of H-pyrrole nitrogens is 1. The summed E-state index contributed by atoms with van der Waals surface area (Å²) in [5, 5.41) is 3.35. The lowest BCUT2D eigenvalue weighted by atomic mass is 10.2. The number of carbonyl (C=O) groups excluding carboxylic acids is 2. The third kappa shape index (κ3) is 5.41. The first-order valence-electron chi connectivity index (χ1n) is 9.15. The lowest BCUT2D eigenvalue weighted by Crippen LogP contribution is -2.25. The maximum atomic E-state index is 13.3. The lowest BCUT2D eigenvalue weighted by molar-refractivity contribution is -0.116. The molecule has 2 aromatic heterocycles. The van der Waals surface area contributed by atoms with E-state index in [-0.39, 0.29) is 35.9 Å². The van der Waals surface area contributed by atoms with E-state index in [9.17, 15) is 18.8 Å². The molecule has 1 aromatic carbocycles. The summed E-state index contributed by atoms with van der Waals surface area (Å²) in [5.74, 6) is -1.14. The van der Waals surface area contributed by atoms with Crippen molar-refractivity contribution in [2.24, 2.45) is 5.73 Å². The van der Waals surface area contributed by atoms with Crippen LogP contribution in [0.1, 0.15) is 25.0 Å². The number of allylic oxidation sites excluding steroid dienone is 1. The van der Waals surface area contributed by atoms with E-state index in [1.807, 2.05) is 0 Å². The van der Waals surface area contributed by atoms with Gasteiger partial charge in [-0.05, 0) is 55.3 Å². The van der Waals surface area contributed by atoms with Crippen molar-refractivity contribution in [2.75, 3.05) is 5.32 Å². The van der Waals surface area contributed by atoms with Gasteiger partial charge in [0.2, 0.25) is 11.8 Å². The van der Waals surface area contributed by atoms with Crippen LogP contribution in [-0.4, -0.2) is 21.4 Å². The van der Waals surface area contributed by atoms with Crippen LogP contribution in [0.2, 0.25) is 0 Å². The Kier molecular flexibility index (Phi) is 6.23. The molecule has 2 amide bonds. The summed E-state index contributed by atoms with van der Waals surface area (Å²) in [4.78, 5) is 38.5. The first-order chi connectivity index (χ1) is 13.9. The summed E-state index contributed by atoms with van der Waals surface area (Å²) >= 11 is 0. The predicted octanol–water partition coefficient (Wildman–Crippen LogP) is 2.67. The average Bonchev–Trinajstić information content (AvgIpc) is 3.06. The highest BCUT2D eigenvalue weighted by Gasteiger charge is 2.09. The van der Waals surface area contributed by atoms with Crippen molar-refractivity contribution in [3.63, 3.8) is 0 Å². The first-order valence-corrected chi connectivity index (χ1v) is 9.15. The maximum Gasteiger partial charge on any atom is 0.274 e. The number of benzene rings is 1. The molecule has 0 spiro atoms. The van der Waals surface area contributed by atoms with Gasteiger partial charge in [0.1, 0.15) is 11.5 Å². The summed E-state index contributed by atoms with van der Waals surface area (Å²) in [6, 6.07) is 9.45. The smallest absolute Gasteiger partial charge is 0.274 e.